The Bertz CT molecular complexity index is 505. The fourth-order valence-corrected chi connectivity index (χ4v) is 3.12. The van der Waals surface area contributed by atoms with E-state index in [1.54, 1.807) is 0 Å². The number of ether oxygens (including phenoxy) is 1. The molecule has 1 aromatic carbocycles. The van der Waals surface area contributed by atoms with Crippen molar-refractivity contribution in [3.05, 3.63) is 24.3 Å². The van der Waals surface area contributed by atoms with Crippen LogP contribution in [-0.4, -0.2) is 24.1 Å². The summed E-state index contributed by atoms with van der Waals surface area (Å²) in [6, 6.07) is 8.16. The van der Waals surface area contributed by atoms with E-state index in [2.05, 4.69) is 15.8 Å². The lowest BCUT2D eigenvalue weighted by molar-refractivity contribution is 0.0703. The number of hydrogen-bond donors (Lipinski definition) is 1. The van der Waals surface area contributed by atoms with Crippen molar-refractivity contribution in [1.29, 1.82) is 0 Å². The van der Waals surface area contributed by atoms with Gasteiger partial charge in [-0.1, -0.05) is 12.1 Å². The van der Waals surface area contributed by atoms with E-state index in [0.717, 1.165) is 41.3 Å². The minimum absolute atomic E-state index is 0.386. The van der Waals surface area contributed by atoms with E-state index < -0.39 is 0 Å². The SMILES string of the molecule is CNCC1CC(Oc2snc3ccccc23)C1. The van der Waals surface area contributed by atoms with Crippen LogP contribution in [0.2, 0.25) is 0 Å². The Balaban J connectivity index is 1.66. The minimum atomic E-state index is 0.386. The van der Waals surface area contributed by atoms with Gasteiger partial charge in [-0.05, 0) is 44.5 Å². The van der Waals surface area contributed by atoms with Gasteiger partial charge in [0.2, 0.25) is 5.06 Å². The van der Waals surface area contributed by atoms with Crippen molar-refractivity contribution in [2.24, 2.45) is 5.92 Å². The van der Waals surface area contributed by atoms with Gasteiger partial charge in [-0.3, -0.25) is 0 Å². The molecule has 0 bridgehead atoms. The highest BCUT2D eigenvalue weighted by molar-refractivity contribution is 7.09. The fraction of sp³-hybridized carbons (Fsp3) is 0.462. The van der Waals surface area contributed by atoms with Crippen molar-refractivity contribution in [3.8, 4) is 5.06 Å². The largest absolute Gasteiger partial charge is 0.479 e. The van der Waals surface area contributed by atoms with Gasteiger partial charge in [-0.15, -0.1) is 0 Å². The number of benzene rings is 1. The van der Waals surface area contributed by atoms with E-state index in [1.807, 2.05) is 25.2 Å². The Morgan fingerprint density at radius 1 is 1.41 bits per heavy atom. The third-order valence-electron chi connectivity index (χ3n) is 3.31. The highest BCUT2D eigenvalue weighted by Gasteiger charge is 2.30. The summed E-state index contributed by atoms with van der Waals surface area (Å²) in [6.45, 7) is 1.10. The van der Waals surface area contributed by atoms with Crippen LogP contribution in [0.5, 0.6) is 5.06 Å². The second kappa shape index (κ2) is 4.63. The first-order valence-corrected chi connectivity index (χ1v) is 6.80. The van der Waals surface area contributed by atoms with Gasteiger partial charge in [0.1, 0.15) is 6.10 Å². The third kappa shape index (κ3) is 2.15. The van der Waals surface area contributed by atoms with E-state index in [-0.39, 0.29) is 0 Å². The topological polar surface area (TPSA) is 34.1 Å². The molecule has 3 rings (SSSR count). The van der Waals surface area contributed by atoms with Crippen LogP contribution in [-0.2, 0) is 0 Å². The van der Waals surface area contributed by atoms with Crippen LogP contribution >= 0.6 is 11.5 Å². The Labute approximate surface area is 105 Å². The third-order valence-corrected chi connectivity index (χ3v) is 4.08. The maximum atomic E-state index is 6.01. The highest BCUT2D eigenvalue weighted by Crippen LogP contribution is 2.36. The molecule has 1 N–H and O–H groups in total. The molecule has 0 aliphatic heterocycles. The van der Waals surface area contributed by atoms with Crippen LogP contribution in [0.4, 0.5) is 0 Å². The summed E-state index contributed by atoms with van der Waals surface area (Å²) in [5, 5.41) is 5.34. The van der Waals surface area contributed by atoms with Crippen LogP contribution < -0.4 is 10.1 Å². The molecule has 0 radical (unpaired) electrons. The molecule has 1 heterocycles. The zero-order valence-electron chi connectivity index (χ0n) is 9.85. The van der Waals surface area contributed by atoms with Gasteiger partial charge in [-0.2, -0.15) is 4.37 Å². The molecular formula is C13H16N2OS. The number of nitrogens with one attached hydrogen (secondary N) is 1. The first-order valence-electron chi connectivity index (χ1n) is 6.02. The van der Waals surface area contributed by atoms with Gasteiger partial charge in [0, 0.05) is 11.5 Å². The van der Waals surface area contributed by atoms with E-state index in [1.165, 1.54) is 11.5 Å². The highest BCUT2D eigenvalue weighted by atomic mass is 32.1. The molecule has 0 unspecified atom stereocenters. The van der Waals surface area contributed by atoms with Crippen LogP contribution in [0.3, 0.4) is 0 Å². The Morgan fingerprint density at radius 3 is 3.06 bits per heavy atom. The quantitative estimate of drug-likeness (QED) is 0.903. The van der Waals surface area contributed by atoms with Crippen molar-refractivity contribution >= 4 is 22.4 Å². The van der Waals surface area contributed by atoms with Crippen molar-refractivity contribution < 1.29 is 4.74 Å². The van der Waals surface area contributed by atoms with Crippen molar-refractivity contribution in [3.63, 3.8) is 0 Å². The van der Waals surface area contributed by atoms with E-state index >= 15 is 0 Å². The first kappa shape index (κ1) is 11.0. The number of hydrogen-bond acceptors (Lipinski definition) is 4. The van der Waals surface area contributed by atoms with Crippen molar-refractivity contribution in [1.82, 2.24) is 9.69 Å². The molecule has 1 aromatic heterocycles. The van der Waals surface area contributed by atoms with Gasteiger partial charge >= 0.3 is 0 Å². The number of fused-ring (bicyclic) bond motifs is 1. The van der Waals surface area contributed by atoms with Crippen LogP contribution in [0.1, 0.15) is 12.8 Å². The summed E-state index contributed by atoms with van der Waals surface area (Å²) < 4.78 is 10.4. The molecule has 4 heteroatoms. The summed E-state index contributed by atoms with van der Waals surface area (Å²) >= 11 is 1.47. The molecule has 3 nitrogen and oxygen atoms in total. The van der Waals surface area contributed by atoms with Crippen LogP contribution in [0.15, 0.2) is 24.3 Å². The van der Waals surface area contributed by atoms with E-state index in [4.69, 9.17) is 4.74 Å². The van der Waals surface area contributed by atoms with Gasteiger partial charge in [0.25, 0.3) is 0 Å². The molecule has 0 saturated heterocycles. The number of nitrogens with zero attached hydrogens (tertiary/aromatic N) is 1. The summed E-state index contributed by atoms with van der Waals surface area (Å²) in [5.41, 5.74) is 1.04. The molecule has 1 saturated carbocycles. The van der Waals surface area contributed by atoms with Crippen LogP contribution in [0, 0.1) is 5.92 Å². The smallest absolute Gasteiger partial charge is 0.201 e. The summed E-state index contributed by atoms with van der Waals surface area (Å²) in [7, 11) is 2.00. The van der Waals surface area contributed by atoms with Gasteiger partial charge in [-0.25, -0.2) is 0 Å². The standard InChI is InChI=1S/C13H16N2OS/c1-14-8-9-6-10(7-9)16-13-11-4-2-3-5-12(11)15-17-13/h2-5,9-10,14H,6-8H2,1H3. The first-order chi connectivity index (χ1) is 8.36. The predicted molar refractivity (Wildman–Crippen MR) is 70.7 cm³/mol. The lowest BCUT2D eigenvalue weighted by Gasteiger charge is -2.34. The van der Waals surface area contributed by atoms with Crippen LogP contribution in [0.25, 0.3) is 10.9 Å². The molecule has 90 valence electrons. The summed E-state index contributed by atoms with van der Waals surface area (Å²) in [5.74, 6) is 0.782. The summed E-state index contributed by atoms with van der Waals surface area (Å²) in [6.07, 6.45) is 2.71. The zero-order chi connectivity index (χ0) is 11.7. The molecule has 0 spiro atoms. The number of rotatable bonds is 4. The van der Waals surface area contributed by atoms with Gasteiger partial charge in [0.15, 0.2) is 0 Å². The molecule has 1 fully saturated rings. The van der Waals surface area contributed by atoms with Gasteiger partial charge in [0.05, 0.1) is 10.9 Å². The average Bonchev–Trinajstić information content (AvgIpc) is 2.70. The second-order valence-electron chi connectivity index (χ2n) is 4.62. The minimum Gasteiger partial charge on any atom is -0.479 e. The zero-order valence-corrected chi connectivity index (χ0v) is 10.7. The fourth-order valence-electron chi connectivity index (χ4n) is 2.33. The second-order valence-corrected chi connectivity index (χ2v) is 5.36. The Kier molecular flexibility index (Phi) is 2.99. The lowest BCUT2D eigenvalue weighted by atomic mass is 9.82. The van der Waals surface area contributed by atoms with E-state index in [0.29, 0.717) is 6.10 Å². The maximum absolute atomic E-state index is 6.01. The normalized spacial score (nSPS) is 23.6. The average molecular weight is 248 g/mol. The molecule has 1 aliphatic carbocycles. The van der Waals surface area contributed by atoms with Crippen molar-refractivity contribution in [2.75, 3.05) is 13.6 Å². The molecule has 1 aliphatic rings. The van der Waals surface area contributed by atoms with Crippen molar-refractivity contribution in [2.45, 2.75) is 18.9 Å². The molecule has 2 aromatic rings. The maximum Gasteiger partial charge on any atom is 0.201 e. The molecule has 17 heavy (non-hydrogen) atoms. The number of aromatic nitrogens is 1. The molecular weight excluding hydrogens is 232 g/mol. The summed E-state index contributed by atoms with van der Waals surface area (Å²) in [4.78, 5) is 0. The van der Waals surface area contributed by atoms with E-state index in [9.17, 15) is 0 Å². The predicted octanol–water partition coefficient (Wildman–Crippen LogP) is 2.67. The molecule has 0 atom stereocenters. The lowest BCUT2D eigenvalue weighted by Crippen LogP contribution is -2.38. The Hall–Kier alpha value is -1.13. The van der Waals surface area contributed by atoms with Gasteiger partial charge < -0.3 is 10.1 Å². The molecule has 0 amide bonds. The monoisotopic (exact) mass is 248 g/mol. The Morgan fingerprint density at radius 2 is 2.24 bits per heavy atom.